The largest absolute Gasteiger partial charge is 0.492 e. The summed E-state index contributed by atoms with van der Waals surface area (Å²) in [5, 5.41) is 6.05. The van der Waals surface area contributed by atoms with E-state index in [1.165, 1.54) is 6.33 Å². The minimum absolute atomic E-state index is 0.186. The zero-order valence-corrected chi connectivity index (χ0v) is 14.2. The van der Waals surface area contributed by atoms with Crippen molar-refractivity contribution in [2.45, 2.75) is 33.1 Å². The minimum Gasteiger partial charge on any atom is -0.492 e. The Morgan fingerprint density at radius 2 is 2.00 bits per heavy atom. The summed E-state index contributed by atoms with van der Waals surface area (Å²) in [6.45, 7) is 5.30. The molecular formula is C18H24N4O2. The molecule has 6 nitrogen and oxygen atoms in total. The number of anilines is 2. The van der Waals surface area contributed by atoms with Crippen molar-refractivity contribution < 1.29 is 9.53 Å². The quantitative estimate of drug-likeness (QED) is 0.689. The summed E-state index contributed by atoms with van der Waals surface area (Å²) in [7, 11) is 0. The van der Waals surface area contributed by atoms with Gasteiger partial charge in [-0.1, -0.05) is 31.9 Å². The smallest absolute Gasteiger partial charge is 0.270 e. The van der Waals surface area contributed by atoms with Crippen LogP contribution >= 0.6 is 0 Å². The third kappa shape index (κ3) is 5.22. The lowest BCUT2D eigenvalue weighted by atomic mass is 10.2. The fourth-order valence-electron chi connectivity index (χ4n) is 2.21. The fourth-order valence-corrected chi connectivity index (χ4v) is 2.21. The number of aromatic nitrogens is 2. The van der Waals surface area contributed by atoms with Gasteiger partial charge in [0.2, 0.25) is 0 Å². The highest BCUT2D eigenvalue weighted by atomic mass is 16.5. The Kier molecular flexibility index (Phi) is 7.01. The van der Waals surface area contributed by atoms with Crippen LogP contribution in [0, 0.1) is 0 Å². The summed E-state index contributed by atoms with van der Waals surface area (Å²) in [5.41, 5.74) is 1.14. The zero-order valence-electron chi connectivity index (χ0n) is 14.2. The minimum atomic E-state index is -0.186. The summed E-state index contributed by atoms with van der Waals surface area (Å²) in [6, 6.07) is 9.24. The number of ether oxygens (including phenoxy) is 1. The molecule has 0 bridgehead atoms. The van der Waals surface area contributed by atoms with Gasteiger partial charge in [-0.3, -0.25) is 4.79 Å². The second-order valence-corrected chi connectivity index (χ2v) is 5.31. The molecule has 0 unspecified atom stereocenters. The van der Waals surface area contributed by atoms with Gasteiger partial charge >= 0.3 is 0 Å². The van der Waals surface area contributed by atoms with Crippen molar-refractivity contribution in [3.63, 3.8) is 0 Å². The van der Waals surface area contributed by atoms with Gasteiger partial charge in [0, 0.05) is 12.6 Å². The van der Waals surface area contributed by atoms with E-state index in [0.29, 0.717) is 24.7 Å². The van der Waals surface area contributed by atoms with Gasteiger partial charge in [0.05, 0.1) is 12.3 Å². The SMILES string of the molecule is CCCCCNC(=O)c1cc(Nc2ccccc2OCC)ncn1. The molecule has 0 aliphatic carbocycles. The highest BCUT2D eigenvalue weighted by Crippen LogP contribution is 2.26. The molecule has 2 N–H and O–H groups in total. The van der Waals surface area contributed by atoms with Crippen LogP contribution < -0.4 is 15.4 Å². The van der Waals surface area contributed by atoms with Crippen LogP contribution in [0.5, 0.6) is 5.75 Å². The Morgan fingerprint density at radius 1 is 1.17 bits per heavy atom. The number of para-hydroxylation sites is 2. The molecular weight excluding hydrogens is 304 g/mol. The molecule has 1 heterocycles. The average Bonchev–Trinajstić information content (AvgIpc) is 2.61. The maximum atomic E-state index is 12.1. The molecule has 6 heteroatoms. The lowest BCUT2D eigenvalue weighted by Crippen LogP contribution is -2.25. The van der Waals surface area contributed by atoms with E-state index in [9.17, 15) is 4.79 Å². The predicted molar refractivity (Wildman–Crippen MR) is 94.8 cm³/mol. The van der Waals surface area contributed by atoms with Crippen LogP contribution in [0.15, 0.2) is 36.7 Å². The van der Waals surface area contributed by atoms with Gasteiger partial charge in [0.15, 0.2) is 0 Å². The topological polar surface area (TPSA) is 76.1 Å². The molecule has 0 saturated heterocycles. The molecule has 24 heavy (non-hydrogen) atoms. The van der Waals surface area contributed by atoms with E-state index in [-0.39, 0.29) is 5.91 Å². The molecule has 1 aromatic heterocycles. The molecule has 0 atom stereocenters. The number of nitrogens with zero attached hydrogens (tertiary/aromatic N) is 2. The highest BCUT2D eigenvalue weighted by Gasteiger charge is 2.09. The first-order valence-corrected chi connectivity index (χ1v) is 8.33. The lowest BCUT2D eigenvalue weighted by molar-refractivity contribution is 0.0948. The van der Waals surface area contributed by atoms with Crippen molar-refractivity contribution in [2.24, 2.45) is 0 Å². The standard InChI is InChI=1S/C18H24N4O2/c1-3-5-8-11-19-18(23)15-12-17(21-13-20-15)22-14-9-6-7-10-16(14)24-4-2/h6-7,9-10,12-13H,3-5,8,11H2,1-2H3,(H,19,23)(H,20,21,22). The van der Waals surface area contributed by atoms with Crippen LogP contribution in [0.4, 0.5) is 11.5 Å². The van der Waals surface area contributed by atoms with Gasteiger partial charge in [0.1, 0.15) is 23.6 Å². The third-order valence-corrected chi connectivity index (χ3v) is 3.42. The molecule has 2 rings (SSSR count). The maximum absolute atomic E-state index is 12.1. The second kappa shape index (κ2) is 9.50. The number of amides is 1. The number of carbonyl (C=O) groups is 1. The van der Waals surface area contributed by atoms with E-state index in [2.05, 4.69) is 27.5 Å². The van der Waals surface area contributed by atoms with E-state index < -0.39 is 0 Å². The molecule has 0 saturated carbocycles. The fraction of sp³-hybridized carbons (Fsp3) is 0.389. The van der Waals surface area contributed by atoms with Crippen LogP contribution in [0.2, 0.25) is 0 Å². The number of rotatable bonds is 9. The average molecular weight is 328 g/mol. The third-order valence-electron chi connectivity index (χ3n) is 3.42. The van der Waals surface area contributed by atoms with Crippen LogP contribution in [0.3, 0.4) is 0 Å². The van der Waals surface area contributed by atoms with E-state index in [1.54, 1.807) is 6.07 Å². The summed E-state index contributed by atoms with van der Waals surface area (Å²) >= 11 is 0. The van der Waals surface area contributed by atoms with Gasteiger partial charge in [-0.25, -0.2) is 9.97 Å². The number of benzene rings is 1. The Hall–Kier alpha value is -2.63. The van der Waals surface area contributed by atoms with Gasteiger partial charge in [-0.15, -0.1) is 0 Å². The molecule has 1 aromatic carbocycles. The number of unbranched alkanes of at least 4 members (excludes halogenated alkanes) is 2. The van der Waals surface area contributed by atoms with E-state index >= 15 is 0 Å². The van der Waals surface area contributed by atoms with Crippen molar-refractivity contribution in [3.8, 4) is 5.75 Å². The van der Waals surface area contributed by atoms with Crippen molar-refractivity contribution in [2.75, 3.05) is 18.5 Å². The Balaban J connectivity index is 2.04. The van der Waals surface area contributed by atoms with Gasteiger partial charge in [-0.2, -0.15) is 0 Å². The van der Waals surface area contributed by atoms with E-state index in [4.69, 9.17) is 4.74 Å². The summed E-state index contributed by atoms with van der Waals surface area (Å²) < 4.78 is 5.58. The number of carbonyl (C=O) groups excluding carboxylic acids is 1. The normalized spacial score (nSPS) is 10.2. The number of hydrogen-bond acceptors (Lipinski definition) is 5. The number of nitrogens with one attached hydrogen (secondary N) is 2. The predicted octanol–water partition coefficient (Wildman–Crippen LogP) is 3.54. The first kappa shape index (κ1) is 17.7. The van der Waals surface area contributed by atoms with Crippen LogP contribution in [0.1, 0.15) is 43.6 Å². The summed E-state index contributed by atoms with van der Waals surface area (Å²) in [5.74, 6) is 1.11. The van der Waals surface area contributed by atoms with Gasteiger partial charge in [-0.05, 0) is 25.5 Å². The Labute approximate surface area is 142 Å². The summed E-state index contributed by atoms with van der Waals surface area (Å²) in [6.07, 6.45) is 4.58. The molecule has 0 aliphatic rings. The first-order valence-electron chi connectivity index (χ1n) is 8.33. The number of hydrogen-bond donors (Lipinski definition) is 2. The molecule has 1 amide bonds. The molecule has 128 valence electrons. The summed E-state index contributed by atoms with van der Waals surface area (Å²) in [4.78, 5) is 20.3. The maximum Gasteiger partial charge on any atom is 0.270 e. The lowest BCUT2D eigenvalue weighted by Gasteiger charge is -2.12. The highest BCUT2D eigenvalue weighted by molar-refractivity contribution is 5.93. The Morgan fingerprint density at radius 3 is 2.79 bits per heavy atom. The van der Waals surface area contributed by atoms with E-state index in [0.717, 1.165) is 30.7 Å². The zero-order chi connectivity index (χ0) is 17.2. The van der Waals surface area contributed by atoms with Crippen LogP contribution in [0.25, 0.3) is 0 Å². The molecule has 0 radical (unpaired) electrons. The van der Waals surface area contributed by atoms with E-state index in [1.807, 2.05) is 31.2 Å². The first-order chi connectivity index (χ1) is 11.7. The van der Waals surface area contributed by atoms with Crippen LogP contribution in [-0.2, 0) is 0 Å². The van der Waals surface area contributed by atoms with Crippen molar-refractivity contribution in [3.05, 3.63) is 42.4 Å². The van der Waals surface area contributed by atoms with Crippen molar-refractivity contribution in [1.82, 2.24) is 15.3 Å². The Bertz CT molecular complexity index is 661. The second-order valence-electron chi connectivity index (χ2n) is 5.31. The van der Waals surface area contributed by atoms with Gasteiger partial charge in [0.25, 0.3) is 5.91 Å². The van der Waals surface area contributed by atoms with Crippen molar-refractivity contribution >= 4 is 17.4 Å². The monoisotopic (exact) mass is 328 g/mol. The van der Waals surface area contributed by atoms with Crippen LogP contribution in [-0.4, -0.2) is 29.0 Å². The van der Waals surface area contributed by atoms with Gasteiger partial charge < -0.3 is 15.4 Å². The van der Waals surface area contributed by atoms with Crippen molar-refractivity contribution in [1.29, 1.82) is 0 Å². The molecule has 0 aliphatic heterocycles. The molecule has 2 aromatic rings. The molecule has 0 spiro atoms. The molecule has 0 fully saturated rings.